The average Bonchev–Trinajstić information content (AvgIpc) is 2.96. The number of rotatable bonds is 31. The van der Waals surface area contributed by atoms with Gasteiger partial charge in [-0.3, -0.25) is 9.69 Å². The van der Waals surface area contributed by atoms with Crippen molar-refractivity contribution in [2.75, 3.05) is 72.4 Å². The first kappa shape index (κ1) is 40.2. The number of hydrogen-bond donors (Lipinski definition) is 2. The van der Waals surface area contributed by atoms with E-state index in [9.17, 15) is 19.5 Å². The Hall–Kier alpha value is -1.79. The number of carboxylic acids is 2. The second-order valence-electron chi connectivity index (χ2n) is 10.6. The Kier molecular flexibility index (Phi) is 26.8. The van der Waals surface area contributed by atoms with Gasteiger partial charge in [0, 0.05) is 13.1 Å². The fraction of sp³-hybridized carbons (Fsp3) is 0.903. The van der Waals surface area contributed by atoms with Gasteiger partial charge in [0.1, 0.15) is 6.61 Å². The van der Waals surface area contributed by atoms with Gasteiger partial charge in [-0.05, 0) is 51.7 Å². The highest BCUT2D eigenvalue weighted by molar-refractivity contribution is 5.98. The first-order valence-corrected chi connectivity index (χ1v) is 16.1. The van der Waals surface area contributed by atoms with Crippen LogP contribution in [0.15, 0.2) is 0 Å². The Labute approximate surface area is 254 Å². The third-order valence-corrected chi connectivity index (χ3v) is 7.02. The fourth-order valence-corrected chi connectivity index (χ4v) is 4.51. The van der Waals surface area contributed by atoms with Crippen LogP contribution in [0.4, 0.5) is 0 Å². The number of hydrogen-bond acceptors (Lipinski definition) is 9. The second kappa shape index (κ2) is 28.0. The standard InChI is InChI=1S/C31H60N2O9/c1-5-9-12-14-27(8-4)41-25-23-39-21-22-40-24-26-42-31(38)29(30(36)37)33(20-15-28(34)35)19-13-18-32(16-10-6-2)17-11-7-3/h27,29H,5-26H2,1-4H3,(H,34,35)(H,36,37). The van der Waals surface area contributed by atoms with Crippen molar-refractivity contribution < 1.29 is 43.5 Å². The van der Waals surface area contributed by atoms with Crippen LogP contribution in [0, 0.1) is 0 Å². The molecule has 0 aromatic heterocycles. The molecule has 0 aliphatic rings. The van der Waals surface area contributed by atoms with Crippen molar-refractivity contribution in [1.82, 2.24) is 9.80 Å². The topological polar surface area (TPSA) is 135 Å². The van der Waals surface area contributed by atoms with E-state index < -0.39 is 23.9 Å². The number of aliphatic carboxylic acids is 2. The summed E-state index contributed by atoms with van der Waals surface area (Å²) in [5.74, 6) is -3.32. The van der Waals surface area contributed by atoms with Crippen LogP contribution in [0.2, 0.25) is 0 Å². The SMILES string of the molecule is CCCCCC(CC)OCCOCCOCCOC(=O)C(C(=O)O)N(CCCN(CCCC)CCCC)CCC(=O)O. The lowest BCUT2D eigenvalue weighted by Gasteiger charge is -2.28. The minimum absolute atomic E-state index is 0.0549. The Morgan fingerprint density at radius 2 is 1.24 bits per heavy atom. The van der Waals surface area contributed by atoms with Gasteiger partial charge in [-0.15, -0.1) is 0 Å². The minimum atomic E-state index is -1.57. The van der Waals surface area contributed by atoms with Crippen molar-refractivity contribution in [1.29, 1.82) is 0 Å². The average molecular weight is 605 g/mol. The lowest BCUT2D eigenvalue weighted by atomic mass is 10.1. The highest BCUT2D eigenvalue weighted by atomic mass is 16.6. The van der Waals surface area contributed by atoms with Crippen molar-refractivity contribution in [3.63, 3.8) is 0 Å². The second-order valence-corrected chi connectivity index (χ2v) is 10.6. The zero-order chi connectivity index (χ0) is 31.4. The van der Waals surface area contributed by atoms with Crippen LogP contribution in [-0.2, 0) is 33.3 Å². The molecule has 42 heavy (non-hydrogen) atoms. The predicted molar refractivity (Wildman–Crippen MR) is 163 cm³/mol. The van der Waals surface area contributed by atoms with E-state index in [1.54, 1.807) is 0 Å². The molecule has 11 nitrogen and oxygen atoms in total. The van der Waals surface area contributed by atoms with Crippen LogP contribution in [0.1, 0.15) is 98.3 Å². The summed E-state index contributed by atoms with van der Waals surface area (Å²) in [7, 11) is 0. The summed E-state index contributed by atoms with van der Waals surface area (Å²) in [6.07, 6.45) is 10.6. The molecule has 0 heterocycles. The molecular weight excluding hydrogens is 544 g/mol. The molecule has 0 saturated heterocycles. The van der Waals surface area contributed by atoms with E-state index in [1.807, 2.05) is 0 Å². The maximum absolute atomic E-state index is 12.7. The molecule has 0 amide bonds. The Bertz CT molecular complexity index is 673. The van der Waals surface area contributed by atoms with Crippen molar-refractivity contribution in [2.45, 2.75) is 110 Å². The predicted octanol–water partition coefficient (Wildman–Crippen LogP) is 4.46. The van der Waals surface area contributed by atoms with Crippen molar-refractivity contribution in [3.8, 4) is 0 Å². The van der Waals surface area contributed by atoms with E-state index in [4.69, 9.17) is 24.1 Å². The molecule has 2 atom stereocenters. The summed E-state index contributed by atoms with van der Waals surface area (Å²) in [4.78, 5) is 39.7. The van der Waals surface area contributed by atoms with Crippen LogP contribution in [0.25, 0.3) is 0 Å². The van der Waals surface area contributed by atoms with E-state index in [-0.39, 0.29) is 38.8 Å². The first-order chi connectivity index (χ1) is 20.3. The summed E-state index contributed by atoms with van der Waals surface area (Å²) in [6, 6.07) is -1.57. The molecule has 2 unspecified atom stereocenters. The molecule has 0 fully saturated rings. The van der Waals surface area contributed by atoms with Gasteiger partial charge in [0.2, 0.25) is 6.04 Å². The quantitative estimate of drug-likeness (QED) is 0.0660. The number of nitrogens with zero attached hydrogens (tertiary/aromatic N) is 2. The van der Waals surface area contributed by atoms with Crippen molar-refractivity contribution in [3.05, 3.63) is 0 Å². The maximum Gasteiger partial charge on any atom is 0.335 e. The highest BCUT2D eigenvalue weighted by Gasteiger charge is 2.34. The van der Waals surface area contributed by atoms with Crippen LogP contribution < -0.4 is 0 Å². The first-order valence-electron chi connectivity index (χ1n) is 16.1. The van der Waals surface area contributed by atoms with Gasteiger partial charge in [-0.2, -0.15) is 0 Å². The van der Waals surface area contributed by atoms with Gasteiger partial charge in [0.15, 0.2) is 0 Å². The van der Waals surface area contributed by atoms with E-state index >= 15 is 0 Å². The van der Waals surface area contributed by atoms with E-state index in [2.05, 4.69) is 32.6 Å². The summed E-state index contributed by atoms with van der Waals surface area (Å²) >= 11 is 0. The molecule has 248 valence electrons. The Morgan fingerprint density at radius 3 is 1.79 bits per heavy atom. The van der Waals surface area contributed by atoms with E-state index in [1.165, 1.54) is 24.2 Å². The Balaban J connectivity index is 4.52. The molecule has 0 aromatic rings. The van der Waals surface area contributed by atoms with Crippen LogP contribution in [-0.4, -0.2) is 122 Å². The number of carboxylic acid groups (broad SMARTS) is 2. The minimum Gasteiger partial charge on any atom is -0.481 e. The third kappa shape index (κ3) is 21.8. The molecule has 0 bridgehead atoms. The molecule has 0 aromatic carbocycles. The van der Waals surface area contributed by atoms with Gasteiger partial charge in [-0.1, -0.05) is 59.8 Å². The number of carbonyl (C=O) groups excluding carboxylic acids is 1. The monoisotopic (exact) mass is 604 g/mol. The molecule has 0 saturated carbocycles. The highest BCUT2D eigenvalue weighted by Crippen LogP contribution is 2.10. The summed E-state index contributed by atoms with van der Waals surface area (Å²) in [5.41, 5.74) is 0. The molecule has 0 spiro atoms. The lowest BCUT2D eigenvalue weighted by Crippen LogP contribution is -2.49. The molecule has 0 aliphatic carbocycles. The number of unbranched alkanes of at least 4 members (excludes halogenated alkanes) is 4. The smallest absolute Gasteiger partial charge is 0.335 e. The maximum atomic E-state index is 12.7. The third-order valence-electron chi connectivity index (χ3n) is 7.02. The largest absolute Gasteiger partial charge is 0.481 e. The number of ether oxygens (including phenoxy) is 4. The van der Waals surface area contributed by atoms with Gasteiger partial charge in [0.05, 0.1) is 45.6 Å². The number of carbonyl (C=O) groups is 3. The van der Waals surface area contributed by atoms with Gasteiger partial charge in [-0.25, -0.2) is 9.59 Å². The summed E-state index contributed by atoms with van der Waals surface area (Å²) in [6.45, 7) is 13.2. The molecule has 0 rings (SSSR count). The van der Waals surface area contributed by atoms with Crippen LogP contribution in [0.5, 0.6) is 0 Å². The molecule has 0 aliphatic heterocycles. The zero-order valence-corrected chi connectivity index (χ0v) is 26.9. The normalized spacial score (nSPS) is 13.0. The molecular formula is C31H60N2O9. The van der Waals surface area contributed by atoms with Gasteiger partial charge < -0.3 is 34.1 Å². The van der Waals surface area contributed by atoms with Gasteiger partial charge >= 0.3 is 17.9 Å². The van der Waals surface area contributed by atoms with Crippen molar-refractivity contribution in [2.24, 2.45) is 0 Å². The Morgan fingerprint density at radius 1 is 0.667 bits per heavy atom. The fourth-order valence-electron chi connectivity index (χ4n) is 4.51. The van der Waals surface area contributed by atoms with Gasteiger partial charge in [0.25, 0.3) is 0 Å². The van der Waals surface area contributed by atoms with E-state index in [0.29, 0.717) is 32.8 Å². The van der Waals surface area contributed by atoms with Crippen LogP contribution in [0.3, 0.4) is 0 Å². The molecule has 11 heteroatoms. The van der Waals surface area contributed by atoms with Crippen LogP contribution >= 0.6 is 0 Å². The van der Waals surface area contributed by atoms with E-state index in [0.717, 1.165) is 58.2 Å². The van der Waals surface area contributed by atoms with Crippen molar-refractivity contribution >= 4 is 17.9 Å². The lowest BCUT2D eigenvalue weighted by molar-refractivity contribution is -0.162. The summed E-state index contributed by atoms with van der Waals surface area (Å²) < 4.78 is 22.0. The zero-order valence-electron chi connectivity index (χ0n) is 26.9. The number of esters is 1. The molecule has 0 radical (unpaired) electrons. The summed E-state index contributed by atoms with van der Waals surface area (Å²) in [5, 5.41) is 19.0. The molecule has 2 N–H and O–H groups in total.